The lowest BCUT2D eigenvalue weighted by Crippen LogP contribution is -2.50. The van der Waals surface area contributed by atoms with Crippen LogP contribution in [0.3, 0.4) is 0 Å². The smallest absolute Gasteiger partial charge is 0.253 e. The number of ether oxygens (including phenoxy) is 1. The summed E-state index contributed by atoms with van der Waals surface area (Å²) in [6.45, 7) is 5.14. The molecule has 5 nitrogen and oxygen atoms in total. The molecule has 1 aromatic heterocycles. The van der Waals surface area contributed by atoms with Gasteiger partial charge >= 0.3 is 0 Å². The minimum atomic E-state index is -0.684. The van der Waals surface area contributed by atoms with Crippen LogP contribution >= 0.6 is 0 Å². The van der Waals surface area contributed by atoms with E-state index in [2.05, 4.69) is 10.3 Å². The zero-order chi connectivity index (χ0) is 13.1. The van der Waals surface area contributed by atoms with E-state index in [4.69, 9.17) is 4.74 Å². The molecule has 5 heteroatoms. The lowest BCUT2D eigenvalue weighted by molar-refractivity contribution is 0.0709. The molecule has 17 heavy (non-hydrogen) atoms. The molecule has 0 aliphatic carbocycles. The number of aliphatic hydroxyl groups is 1. The van der Waals surface area contributed by atoms with Gasteiger partial charge in [-0.15, -0.1) is 0 Å². The highest BCUT2D eigenvalue weighted by molar-refractivity contribution is 5.94. The number of carbonyl (C=O) groups is 1. The molecule has 1 rings (SSSR count). The van der Waals surface area contributed by atoms with Crippen LogP contribution in [0.1, 0.15) is 31.1 Å². The summed E-state index contributed by atoms with van der Waals surface area (Å²) in [5.41, 5.74) is -0.253. The number of aliphatic hydroxyl groups excluding tert-OH is 1. The van der Waals surface area contributed by atoms with Crippen LogP contribution in [-0.2, 0) is 0 Å². The first-order valence-electron chi connectivity index (χ1n) is 5.37. The van der Waals surface area contributed by atoms with Gasteiger partial charge in [0.25, 0.3) is 5.91 Å². The maximum absolute atomic E-state index is 11.9. The van der Waals surface area contributed by atoms with Gasteiger partial charge < -0.3 is 15.2 Å². The van der Waals surface area contributed by atoms with Crippen molar-refractivity contribution in [1.82, 2.24) is 10.3 Å². The monoisotopic (exact) mass is 238 g/mol. The van der Waals surface area contributed by atoms with Gasteiger partial charge in [-0.1, -0.05) is 0 Å². The van der Waals surface area contributed by atoms with E-state index in [-0.39, 0.29) is 5.91 Å². The SMILES string of the molecule is COc1ccc(C(=O)NC(C)(C)C(C)O)cn1. The van der Waals surface area contributed by atoms with Crippen molar-refractivity contribution in [2.24, 2.45) is 0 Å². The van der Waals surface area contributed by atoms with Crippen LogP contribution in [0.25, 0.3) is 0 Å². The Labute approximate surface area is 101 Å². The van der Waals surface area contributed by atoms with Crippen molar-refractivity contribution in [2.45, 2.75) is 32.4 Å². The number of nitrogens with zero attached hydrogens (tertiary/aromatic N) is 1. The predicted molar refractivity (Wildman–Crippen MR) is 64.0 cm³/mol. The zero-order valence-electron chi connectivity index (χ0n) is 10.5. The molecule has 1 atom stereocenters. The Morgan fingerprint density at radius 3 is 2.59 bits per heavy atom. The number of amides is 1. The lowest BCUT2D eigenvalue weighted by atomic mass is 9.98. The van der Waals surface area contributed by atoms with E-state index in [1.54, 1.807) is 32.9 Å². The summed E-state index contributed by atoms with van der Waals surface area (Å²) in [4.78, 5) is 15.8. The molecule has 0 spiro atoms. The number of hydrogen-bond donors (Lipinski definition) is 2. The molecule has 0 fully saturated rings. The van der Waals surface area contributed by atoms with E-state index in [9.17, 15) is 9.90 Å². The van der Waals surface area contributed by atoms with Crippen LogP contribution in [0.2, 0.25) is 0 Å². The number of aromatic nitrogens is 1. The minimum Gasteiger partial charge on any atom is -0.481 e. The van der Waals surface area contributed by atoms with Gasteiger partial charge in [0.2, 0.25) is 5.88 Å². The molecular weight excluding hydrogens is 220 g/mol. The fourth-order valence-electron chi connectivity index (χ4n) is 1.10. The number of carbonyl (C=O) groups excluding carboxylic acids is 1. The summed E-state index contributed by atoms with van der Waals surface area (Å²) in [7, 11) is 1.51. The second-order valence-electron chi connectivity index (χ2n) is 4.44. The van der Waals surface area contributed by atoms with Crippen LogP contribution in [0.5, 0.6) is 5.88 Å². The first-order chi connectivity index (χ1) is 7.86. The molecule has 1 amide bonds. The Balaban J connectivity index is 2.76. The van der Waals surface area contributed by atoms with Crippen LogP contribution in [0.15, 0.2) is 18.3 Å². The molecule has 0 aliphatic heterocycles. The number of nitrogens with one attached hydrogen (secondary N) is 1. The van der Waals surface area contributed by atoms with E-state index < -0.39 is 11.6 Å². The van der Waals surface area contributed by atoms with Crippen LogP contribution in [-0.4, -0.2) is 34.8 Å². The summed E-state index contributed by atoms with van der Waals surface area (Å²) in [5, 5.41) is 12.2. The predicted octanol–water partition coefficient (Wildman–Crippen LogP) is 0.979. The highest BCUT2D eigenvalue weighted by atomic mass is 16.5. The van der Waals surface area contributed by atoms with Crippen LogP contribution in [0.4, 0.5) is 0 Å². The maximum atomic E-state index is 11.9. The molecular formula is C12H18N2O3. The van der Waals surface area contributed by atoms with Gasteiger partial charge in [-0.2, -0.15) is 0 Å². The van der Waals surface area contributed by atoms with E-state index in [1.807, 2.05) is 0 Å². The Bertz CT molecular complexity index is 385. The Morgan fingerprint density at radius 2 is 2.18 bits per heavy atom. The molecule has 0 saturated heterocycles. The topological polar surface area (TPSA) is 71.5 Å². The van der Waals surface area contributed by atoms with Gasteiger partial charge in [0.1, 0.15) is 0 Å². The Kier molecular flexibility index (Phi) is 4.07. The van der Waals surface area contributed by atoms with Crippen molar-refractivity contribution in [1.29, 1.82) is 0 Å². The summed E-state index contributed by atoms with van der Waals surface area (Å²) < 4.78 is 4.91. The number of methoxy groups -OCH3 is 1. The molecule has 0 bridgehead atoms. The fraction of sp³-hybridized carbons (Fsp3) is 0.500. The molecule has 1 unspecified atom stereocenters. The van der Waals surface area contributed by atoms with Gasteiger partial charge in [0, 0.05) is 12.3 Å². The lowest BCUT2D eigenvalue weighted by Gasteiger charge is -2.29. The fourth-order valence-corrected chi connectivity index (χ4v) is 1.10. The molecule has 2 N–H and O–H groups in total. The summed E-state index contributed by atoms with van der Waals surface area (Å²) in [5.74, 6) is 0.183. The van der Waals surface area contributed by atoms with Crippen molar-refractivity contribution in [3.8, 4) is 5.88 Å². The third-order valence-electron chi connectivity index (χ3n) is 2.69. The second kappa shape index (κ2) is 5.14. The van der Waals surface area contributed by atoms with Crippen molar-refractivity contribution in [3.63, 3.8) is 0 Å². The third-order valence-corrected chi connectivity index (χ3v) is 2.69. The van der Waals surface area contributed by atoms with E-state index in [1.165, 1.54) is 13.3 Å². The molecule has 0 aromatic carbocycles. The first kappa shape index (κ1) is 13.4. The highest BCUT2D eigenvalue weighted by Gasteiger charge is 2.26. The Morgan fingerprint density at radius 1 is 1.53 bits per heavy atom. The normalized spacial score (nSPS) is 13.0. The average molecular weight is 238 g/mol. The molecule has 0 aliphatic rings. The van der Waals surface area contributed by atoms with Gasteiger partial charge in [-0.25, -0.2) is 4.98 Å². The standard InChI is InChI=1S/C12H18N2O3/c1-8(15)12(2,3)14-11(16)9-5-6-10(17-4)13-7-9/h5-8,15H,1-4H3,(H,14,16). The van der Waals surface area contributed by atoms with E-state index in [0.29, 0.717) is 11.4 Å². The highest BCUT2D eigenvalue weighted by Crippen LogP contribution is 2.11. The van der Waals surface area contributed by atoms with Crippen molar-refractivity contribution >= 4 is 5.91 Å². The number of rotatable bonds is 4. The van der Waals surface area contributed by atoms with E-state index >= 15 is 0 Å². The van der Waals surface area contributed by atoms with Gasteiger partial charge in [0.05, 0.1) is 24.3 Å². The third kappa shape index (κ3) is 3.42. The van der Waals surface area contributed by atoms with Crippen molar-refractivity contribution in [2.75, 3.05) is 7.11 Å². The maximum Gasteiger partial charge on any atom is 0.253 e. The summed E-state index contributed by atoms with van der Waals surface area (Å²) >= 11 is 0. The molecule has 1 heterocycles. The number of hydrogen-bond acceptors (Lipinski definition) is 4. The minimum absolute atomic E-state index is 0.272. The van der Waals surface area contributed by atoms with E-state index in [0.717, 1.165) is 0 Å². The van der Waals surface area contributed by atoms with Crippen molar-refractivity contribution in [3.05, 3.63) is 23.9 Å². The van der Waals surface area contributed by atoms with Crippen LogP contribution < -0.4 is 10.1 Å². The zero-order valence-corrected chi connectivity index (χ0v) is 10.5. The van der Waals surface area contributed by atoms with Crippen molar-refractivity contribution < 1.29 is 14.6 Å². The summed E-state index contributed by atoms with van der Waals surface area (Å²) in [6, 6.07) is 3.24. The number of pyridine rings is 1. The van der Waals surface area contributed by atoms with Gasteiger partial charge in [-0.3, -0.25) is 4.79 Å². The average Bonchev–Trinajstić information content (AvgIpc) is 2.28. The molecule has 94 valence electrons. The first-order valence-corrected chi connectivity index (χ1v) is 5.37. The second-order valence-corrected chi connectivity index (χ2v) is 4.44. The quantitative estimate of drug-likeness (QED) is 0.820. The molecule has 1 aromatic rings. The van der Waals surface area contributed by atoms with Crippen LogP contribution in [0, 0.1) is 0 Å². The molecule has 0 saturated carbocycles. The molecule has 0 radical (unpaired) electrons. The summed E-state index contributed by atoms with van der Waals surface area (Å²) in [6.07, 6.45) is 0.796. The largest absolute Gasteiger partial charge is 0.481 e. The Hall–Kier alpha value is -1.62. The van der Waals surface area contributed by atoms with Gasteiger partial charge in [0.15, 0.2) is 0 Å². The van der Waals surface area contributed by atoms with Gasteiger partial charge in [-0.05, 0) is 26.8 Å².